The van der Waals surface area contributed by atoms with E-state index in [9.17, 15) is 13.4 Å². The molecule has 0 fully saturated rings. The Hall–Kier alpha value is -1.43. The van der Waals surface area contributed by atoms with E-state index < -0.39 is 21.9 Å². The first-order valence-corrected chi connectivity index (χ1v) is 7.67. The van der Waals surface area contributed by atoms with Crippen LogP contribution in [0, 0.1) is 5.82 Å². The molecule has 20 heavy (non-hydrogen) atoms. The molecule has 0 heterocycles. The van der Waals surface area contributed by atoms with Gasteiger partial charge >= 0.3 is 0 Å². The first-order valence-electron chi connectivity index (χ1n) is 6.45. The first-order chi connectivity index (χ1) is 9.18. The van der Waals surface area contributed by atoms with E-state index in [-0.39, 0.29) is 22.0 Å². The Morgan fingerprint density at radius 1 is 1.50 bits per heavy atom. The number of nitrogen functional groups attached to an aromatic ring is 1. The van der Waals surface area contributed by atoms with Gasteiger partial charge in [-0.05, 0) is 45.4 Å². The SMILES string of the molecule is CCC(C)(C)NC(=O)C(C)S(=O)c1ccc(F)cc1N. The number of hydrogen-bond donors (Lipinski definition) is 2. The van der Waals surface area contributed by atoms with Crippen molar-refractivity contribution in [1.82, 2.24) is 5.32 Å². The van der Waals surface area contributed by atoms with Crippen molar-refractivity contribution in [3.63, 3.8) is 0 Å². The van der Waals surface area contributed by atoms with Gasteiger partial charge in [-0.2, -0.15) is 0 Å². The van der Waals surface area contributed by atoms with Crippen LogP contribution in [0.2, 0.25) is 0 Å². The zero-order valence-electron chi connectivity index (χ0n) is 12.2. The monoisotopic (exact) mass is 300 g/mol. The van der Waals surface area contributed by atoms with E-state index in [1.165, 1.54) is 12.1 Å². The number of nitrogens with two attached hydrogens (primary N) is 1. The Labute approximate surface area is 121 Å². The molecule has 0 aromatic heterocycles. The number of halogens is 1. The number of benzene rings is 1. The molecule has 0 saturated carbocycles. The van der Waals surface area contributed by atoms with Crippen LogP contribution in [0.1, 0.15) is 34.1 Å². The number of anilines is 1. The summed E-state index contributed by atoms with van der Waals surface area (Å²) < 4.78 is 25.3. The zero-order chi connectivity index (χ0) is 15.5. The van der Waals surface area contributed by atoms with Crippen molar-refractivity contribution in [3.05, 3.63) is 24.0 Å². The molecule has 0 saturated heterocycles. The summed E-state index contributed by atoms with van der Waals surface area (Å²) in [6.07, 6.45) is 0.761. The van der Waals surface area contributed by atoms with Crippen LogP contribution in [-0.4, -0.2) is 20.9 Å². The van der Waals surface area contributed by atoms with Gasteiger partial charge in [0.2, 0.25) is 5.91 Å². The Morgan fingerprint density at radius 3 is 2.60 bits per heavy atom. The fraction of sp³-hybridized carbons (Fsp3) is 0.500. The molecule has 0 bridgehead atoms. The molecule has 1 aromatic rings. The van der Waals surface area contributed by atoms with Gasteiger partial charge in [0.05, 0.1) is 21.4 Å². The topological polar surface area (TPSA) is 72.2 Å². The maximum Gasteiger partial charge on any atom is 0.236 e. The molecule has 6 heteroatoms. The van der Waals surface area contributed by atoms with Gasteiger partial charge in [0.1, 0.15) is 11.1 Å². The molecule has 0 aliphatic heterocycles. The molecule has 0 spiro atoms. The van der Waals surface area contributed by atoms with Gasteiger partial charge in [0.25, 0.3) is 0 Å². The molecule has 2 unspecified atom stereocenters. The average Bonchev–Trinajstić information content (AvgIpc) is 2.36. The van der Waals surface area contributed by atoms with E-state index in [1.807, 2.05) is 20.8 Å². The van der Waals surface area contributed by atoms with E-state index in [1.54, 1.807) is 6.92 Å². The smallest absolute Gasteiger partial charge is 0.236 e. The highest BCUT2D eigenvalue weighted by Gasteiger charge is 2.27. The molecule has 0 aliphatic carbocycles. The third kappa shape index (κ3) is 4.03. The fourth-order valence-corrected chi connectivity index (χ4v) is 2.64. The number of amides is 1. The molecule has 112 valence electrons. The summed E-state index contributed by atoms with van der Waals surface area (Å²) in [5, 5.41) is 2.08. The second kappa shape index (κ2) is 6.35. The van der Waals surface area contributed by atoms with Crippen LogP contribution < -0.4 is 11.1 Å². The lowest BCUT2D eigenvalue weighted by molar-refractivity contribution is -0.121. The fourth-order valence-electron chi connectivity index (χ4n) is 1.51. The standard InChI is InChI=1S/C14H21FN2O2S/c1-5-14(3,4)17-13(18)9(2)20(19)12-7-6-10(15)8-11(12)16/h6-9H,5,16H2,1-4H3,(H,17,18). The van der Waals surface area contributed by atoms with E-state index in [2.05, 4.69) is 5.32 Å². The number of hydrogen-bond acceptors (Lipinski definition) is 3. The molecular formula is C14H21FN2O2S. The predicted octanol–water partition coefficient (Wildman–Crippen LogP) is 2.21. The quantitative estimate of drug-likeness (QED) is 0.819. The van der Waals surface area contributed by atoms with Crippen LogP contribution in [0.25, 0.3) is 0 Å². The minimum absolute atomic E-state index is 0.0951. The second-order valence-corrected chi connectivity index (χ2v) is 7.09. The van der Waals surface area contributed by atoms with E-state index in [0.717, 1.165) is 12.5 Å². The highest BCUT2D eigenvalue weighted by atomic mass is 32.2. The van der Waals surface area contributed by atoms with E-state index in [0.29, 0.717) is 0 Å². The van der Waals surface area contributed by atoms with Gasteiger partial charge in [-0.1, -0.05) is 6.92 Å². The van der Waals surface area contributed by atoms with Crippen molar-refractivity contribution >= 4 is 22.4 Å². The van der Waals surface area contributed by atoms with Crippen LogP contribution in [0.5, 0.6) is 0 Å². The highest BCUT2D eigenvalue weighted by Crippen LogP contribution is 2.21. The third-order valence-electron chi connectivity index (χ3n) is 3.22. The first kappa shape index (κ1) is 16.6. The Balaban J connectivity index is 2.89. The lowest BCUT2D eigenvalue weighted by Crippen LogP contribution is -2.47. The summed E-state index contributed by atoms with van der Waals surface area (Å²) in [6.45, 7) is 7.32. The van der Waals surface area contributed by atoms with Crippen molar-refractivity contribution < 1.29 is 13.4 Å². The third-order valence-corrected chi connectivity index (χ3v) is 4.89. The van der Waals surface area contributed by atoms with Crippen LogP contribution in [0.4, 0.5) is 10.1 Å². The highest BCUT2D eigenvalue weighted by molar-refractivity contribution is 7.86. The van der Waals surface area contributed by atoms with Crippen molar-refractivity contribution in [2.75, 3.05) is 5.73 Å². The summed E-state index contributed by atoms with van der Waals surface area (Å²) in [5.74, 6) is -0.800. The Bertz CT molecular complexity index is 532. The molecule has 3 N–H and O–H groups in total. The number of rotatable bonds is 5. The number of carbonyl (C=O) groups is 1. The normalized spacial score (nSPS) is 14.7. The van der Waals surface area contributed by atoms with Crippen LogP contribution in [0.15, 0.2) is 23.1 Å². The molecule has 1 aromatic carbocycles. The van der Waals surface area contributed by atoms with Crippen molar-refractivity contribution in [2.24, 2.45) is 0 Å². The lowest BCUT2D eigenvalue weighted by Gasteiger charge is -2.26. The van der Waals surface area contributed by atoms with Crippen molar-refractivity contribution in [2.45, 2.75) is 49.8 Å². The van der Waals surface area contributed by atoms with Crippen LogP contribution >= 0.6 is 0 Å². The lowest BCUT2D eigenvalue weighted by atomic mass is 10.0. The van der Waals surface area contributed by atoms with E-state index >= 15 is 0 Å². The summed E-state index contributed by atoms with van der Waals surface area (Å²) in [7, 11) is -1.62. The minimum atomic E-state index is -1.62. The van der Waals surface area contributed by atoms with Gasteiger partial charge in [-0.15, -0.1) is 0 Å². The molecular weight excluding hydrogens is 279 g/mol. The van der Waals surface area contributed by atoms with Gasteiger partial charge < -0.3 is 11.1 Å². The molecule has 4 nitrogen and oxygen atoms in total. The molecule has 1 amide bonds. The summed E-state index contributed by atoms with van der Waals surface area (Å²) in [4.78, 5) is 12.4. The molecule has 0 radical (unpaired) electrons. The zero-order valence-corrected chi connectivity index (χ0v) is 13.0. The number of carbonyl (C=O) groups excluding carboxylic acids is 1. The number of nitrogens with one attached hydrogen (secondary N) is 1. The summed E-state index contributed by atoms with van der Waals surface area (Å²) >= 11 is 0. The van der Waals surface area contributed by atoms with Gasteiger partial charge in [-0.3, -0.25) is 9.00 Å². The second-order valence-electron chi connectivity index (χ2n) is 5.35. The van der Waals surface area contributed by atoms with Crippen LogP contribution in [0.3, 0.4) is 0 Å². The Morgan fingerprint density at radius 2 is 2.10 bits per heavy atom. The van der Waals surface area contributed by atoms with Crippen LogP contribution in [-0.2, 0) is 15.6 Å². The summed E-state index contributed by atoms with van der Waals surface area (Å²) in [6, 6.07) is 3.65. The molecule has 2 atom stereocenters. The van der Waals surface area contributed by atoms with E-state index in [4.69, 9.17) is 5.73 Å². The van der Waals surface area contributed by atoms with Gasteiger partial charge in [0.15, 0.2) is 0 Å². The summed E-state index contributed by atoms with van der Waals surface area (Å²) in [5.41, 5.74) is 5.39. The average molecular weight is 300 g/mol. The maximum absolute atomic E-state index is 13.0. The van der Waals surface area contributed by atoms with Gasteiger partial charge in [0, 0.05) is 5.54 Å². The van der Waals surface area contributed by atoms with Crippen molar-refractivity contribution in [1.29, 1.82) is 0 Å². The molecule has 1 rings (SSSR count). The maximum atomic E-state index is 13.0. The molecule has 0 aliphatic rings. The van der Waals surface area contributed by atoms with Gasteiger partial charge in [-0.25, -0.2) is 4.39 Å². The predicted molar refractivity (Wildman–Crippen MR) is 79.2 cm³/mol. The van der Waals surface area contributed by atoms with Crippen molar-refractivity contribution in [3.8, 4) is 0 Å². The largest absolute Gasteiger partial charge is 0.398 e. The Kier molecular flexibility index (Phi) is 5.28. The minimum Gasteiger partial charge on any atom is -0.398 e.